The Balaban J connectivity index is 2.44. The summed E-state index contributed by atoms with van der Waals surface area (Å²) in [5.74, 6) is 0. The molecule has 1 N–H and O–H groups in total. The Bertz CT molecular complexity index is 243. The second kappa shape index (κ2) is 4.38. The van der Waals surface area contributed by atoms with Crippen molar-refractivity contribution in [1.82, 2.24) is 0 Å². The molecule has 1 fully saturated rings. The van der Waals surface area contributed by atoms with E-state index >= 15 is 0 Å². The van der Waals surface area contributed by atoms with Gasteiger partial charge in [0.1, 0.15) is 20.1 Å². The first-order chi connectivity index (χ1) is 6.31. The van der Waals surface area contributed by atoms with Gasteiger partial charge in [0.05, 0.1) is 12.1 Å². The average Bonchev–Trinajstić information content (AvgIpc) is 2.28. The fourth-order valence-electron chi connectivity index (χ4n) is 1.47. The summed E-state index contributed by atoms with van der Waals surface area (Å²) >= 11 is 0. The van der Waals surface area contributed by atoms with E-state index in [4.69, 9.17) is 12.6 Å². The first-order valence-electron chi connectivity index (χ1n) is 4.72. The van der Waals surface area contributed by atoms with Gasteiger partial charge in [-0.1, -0.05) is 0 Å². The minimum atomic E-state index is -1.45. The lowest BCUT2D eigenvalue weighted by atomic mass is 9.94. The lowest BCUT2D eigenvalue weighted by Gasteiger charge is -2.18. The van der Waals surface area contributed by atoms with Crippen LogP contribution in [-0.2, 0) is 4.74 Å². The fraction of sp³-hybridized carbons (Fsp3) is 0.889. The van der Waals surface area contributed by atoms with Gasteiger partial charge < -0.3 is 9.84 Å². The van der Waals surface area contributed by atoms with Crippen molar-refractivity contribution in [1.29, 1.82) is 0 Å². The van der Waals surface area contributed by atoms with Gasteiger partial charge in [-0.25, -0.2) is 4.39 Å². The molecule has 1 aliphatic rings. The van der Waals surface area contributed by atoms with Gasteiger partial charge in [-0.05, 0) is 25.9 Å². The quantitative estimate of drug-likeness (QED) is 0.557. The zero-order valence-electron chi connectivity index (χ0n) is 8.69. The van der Waals surface area contributed by atoms with Crippen molar-refractivity contribution in [3.05, 3.63) is 0 Å². The number of hydrogen-bond acceptors (Lipinski definition) is 2. The molecule has 1 aliphatic heterocycles. The fourth-order valence-corrected chi connectivity index (χ4v) is 2.43. The summed E-state index contributed by atoms with van der Waals surface area (Å²) in [6.07, 6.45) is 2.58. The predicted octanol–water partition coefficient (Wildman–Crippen LogP) is 0.678. The van der Waals surface area contributed by atoms with Gasteiger partial charge in [0.25, 0.3) is 0 Å². The van der Waals surface area contributed by atoms with Gasteiger partial charge in [0.15, 0.2) is 0 Å². The summed E-state index contributed by atoms with van der Waals surface area (Å²) in [6, 6.07) is -0.971. The number of ether oxygens (including phenoxy) is 1. The van der Waals surface area contributed by atoms with E-state index in [2.05, 4.69) is 19.6 Å². The topological polar surface area (TPSA) is 29.5 Å². The molecule has 0 spiro atoms. The third-order valence-electron chi connectivity index (χ3n) is 2.37. The number of aliphatic hydroxyl groups excluding tert-OH is 1. The highest BCUT2D eigenvalue weighted by Gasteiger charge is 2.40. The van der Waals surface area contributed by atoms with Crippen molar-refractivity contribution in [2.24, 2.45) is 0 Å². The molecule has 2 nitrogen and oxygen atoms in total. The molecule has 80 valence electrons. The van der Waals surface area contributed by atoms with Gasteiger partial charge in [-0.3, -0.25) is 0 Å². The Morgan fingerprint density at radius 3 is 2.50 bits per heavy atom. The molecule has 0 saturated carbocycles. The molecule has 0 amide bonds. The molecule has 5 heteroatoms. The Kier molecular flexibility index (Phi) is 3.84. The highest BCUT2D eigenvalue weighted by atomic mass is 31.2. The Labute approximate surface area is 86.2 Å². The van der Waals surface area contributed by atoms with Crippen LogP contribution in [0.5, 0.6) is 0 Å². The van der Waals surface area contributed by atoms with E-state index in [1.165, 1.54) is 0 Å². The number of halogens is 1. The van der Waals surface area contributed by atoms with Gasteiger partial charge in [-0.2, -0.15) is 0 Å². The van der Waals surface area contributed by atoms with Gasteiger partial charge in [0.2, 0.25) is 0 Å². The summed E-state index contributed by atoms with van der Waals surface area (Å²) in [6.45, 7) is 3.06. The molecule has 4 atom stereocenters. The molecule has 2 radical (unpaired) electrons. The summed E-state index contributed by atoms with van der Waals surface area (Å²) in [5.41, 5.74) is 0. The summed E-state index contributed by atoms with van der Waals surface area (Å²) in [4.78, 5) is 0. The largest absolute Gasteiger partial charge is 0.387 e. The van der Waals surface area contributed by atoms with E-state index in [1.54, 1.807) is 0 Å². The summed E-state index contributed by atoms with van der Waals surface area (Å²) < 4.78 is 18.2. The summed E-state index contributed by atoms with van der Waals surface area (Å²) in [7, 11) is 5.33. The van der Waals surface area contributed by atoms with Crippen molar-refractivity contribution < 1.29 is 14.2 Å². The van der Waals surface area contributed by atoms with E-state index in [0.29, 0.717) is 6.42 Å². The molecule has 1 unspecified atom stereocenters. The van der Waals surface area contributed by atoms with Crippen LogP contribution in [0.2, 0.25) is 0 Å². The maximum Gasteiger partial charge on any atom is 0.146 e. The predicted molar refractivity (Wildman–Crippen MR) is 60.7 cm³/mol. The van der Waals surface area contributed by atoms with Crippen LogP contribution in [0.15, 0.2) is 0 Å². The Hall–Kier alpha value is 0.215. The third-order valence-corrected chi connectivity index (χ3v) is 3.84. The van der Waals surface area contributed by atoms with Crippen LogP contribution in [0.1, 0.15) is 6.42 Å². The zero-order chi connectivity index (χ0) is 10.9. The minimum absolute atomic E-state index is 0.457. The van der Waals surface area contributed by atoms with E-state index in [-0.39, 0.29) is 0 Å². The van der Waals surface area contributed by atoms with E-state index in [1.807, 2.05) is 0 Å². The number of hydrogen-bond donors (Lipinski definition) is 1. The highest BCUT2D eigenvalue weighted by Crippen LogP contribution is 2.38. The lowest BCUT2D eigenvalue weighted by molar-refractivity contribution is 0.0289. The second-order valence-electron chi connectivity index (χ2n) is 4.52. The molecule has 14 heavy (non-hydrogen) atoms. The van der Waals surface area contributed by atoms with Gasteiger partial charge in [-0.15, -0.1) is 13.2 Å². The van der Waals surface area contributed by atoms with Crippen molar-refractivity contribution in [2.45, 2.75) is 30.8 Å². The molecule has 1 saturated heterocycles. The smallest absolute Gasteiger partial charge is 0.146 e. The normalized spacial score (nSPS) is 38.9. The van der Waals surface area contributed by atoms with Crippen LogP contribution in [-0.4, -0.2) is 63.1 Å². The molecular formula is C9H17BFO2P. The molecule has 0 aromatic rings. The van der Waals surface area contributed by atoms with Crippen LogP contribution in [0.3, 0.4) is 0 Å². The Morgan fingerprint density at radius 2 is 2.14 bits per heavy atom. The van der Waals surface area contributed by atoms with Crippen molar-refractivity contribution in [3.63, 3.8) is 0 Å². The average molecular weight is 218 g/mol. The van der Waals surface area contributed by atoms with E-state index in [0.717, 1.165) is 6.16 Å². The first kappa shape index (κ1) is 12.3. The van der Waals surface area contributed by atoms with Crippen LogP contribution in [0.25, 0.3) is 0 Å². The standard InChI is InChI=1S/C9H17BFO2P/c1-14(2,3)5-4-6-8(12)7(11)9(10)13-6/h6-9,12H,1,4-5H2,2-3H3/t6-,7?,8-,9-/m1/s1. The van der Waals surface area contributed by atoms with Crippen LogP contribution in [0, 0.1) is 0 Å². The molecule has 1 rings (SSSR count). The van der Waals surface area contributed by atoms with Gasteiger partial charge in [0, 0.05) is 0 Å². The number of rotatable bonds is 3. The molecule has 0 bridgehead atoms. The maximum absolute atomic E-state index is 13.1. The van der Waals surface area contributed by atoms with E-state index < -0.39 is 31.3 Å². The third kappa shape index (κ3) is 3.11. The molecule has 0 aromatic carbocycles. The van der Waals surface area contributed by atoms with Gasteiger partial charge >= 0.3 is 0 Å². The molecule has 0 aromatic heterocycles. The van der Waals surface area contributed by atoms with Crippen LogP contribution in [0.4, 0.5) is 4.39 Å². The van der Waals surface area contributed by atoms with Crippen LogP contribution >= 0.6 is 6.89 Å². The monoisotopic (exact) mass is 218 g/mol. The SMILES string of the molecule is [B][C@@H]1O[C@H](CCP(=C)(C)C)[C@@H](O)C1F. The summed E-state index contributed by atoms with van der Waals surface area (Å²) in [5, 5.41) is 9.44. The minimum Gasteiger partial charge on any atom is -0.387 e. The lowest BCUT2D eigenvalue weighted by Crippen LogP contribution is -2.29. The zero-order valence-corrected chi connectivity index (χ0v) is 9.58. The van der Waals surface area contributed by atoms with Crippen molar-refractivity contribution in [2.75, 3.05) is 19.5 Å². The highest BCUT2D eigenvalue weighted by molar-refractivity contribution is 7.72. The van der Waals surface area contributed by atoms with E-state index in [9.17, 15) is 9.50 Å². The van der Waals surface area contributed by atoms with Crippen LogP contribution < -0.4 is 0 Å². The molecule has 0 aliphatic carbocycles. The molecule has 1 heterocycles. The Morgan fingerprint density at radius 1 is 1.57 bits per heavy atom. The van der Waals surface area contributed by atoms with Crippen molar-refractivity contribution >= 4 is 21.0 Å². The van der Waals surface area contributed by atoms with Crippen molar-refractivity contribution in [3.8, 4) is 0 Å². The first-order valence-corrected chi connectivity index (χ1v) is 7.77. The number of alkyl halides is 1. The maximum atomic E-state index is 13.1. The molecular weight excluding hydrogens is 201 g/mol. The second-order valence-corrected chi connectivity index (χ2v) is 8.84. The number of aliphatic hydroxyl groups is 1.